The molecule has 5 heteroatoms. The Labute approximate surface area is 102 Å². The van der Waals surface area contributed by atoms with E-state index in [9.17, 15) is 9.59 Å². The quantitative estimate of drug-likeness (QED) is 0.586. The highest BCUT2D eigenvalue weighted by molar-refractivity contribution is 5.85. The number of rotatable bonds is 10. The molecule has 0 aliphatic heterocycles. The van der Waals surface area contributed by atoms with Crippen molar-refractivity contribution in [3.63, 3.8) is 0 Å². The van der Waals surface area contributed by atoms with Gasteiger partial charge >= 0.3 is 11.9 Å². The minimum Gasteiger partial charge on any atom is -0.481 e. The Balaban J connectivity index is 0. The molecule has 2 N–H and O–H groups in total. The fraction of sp³-hybridized carbons (Fsp3) is 0.818. The van der Waals surface area contributed by atoms with Crippen molar-refractivity contribution >= 4 is 24.3 Å². The van der Waals surface area contributed by atoms with Gasteiger partial charge in [0.15, 0.2) is 0 Å². The average molecular weight is 253 g/mol. The number of halogens is 1. The highest BCUT2D eigenvalue weighted by Crippen LogP contribution is 2.09. The first kappa shape index (κ1) is 17.6. The average Bonchev–Trinajstić information content (AvgIpc) is 2.14. The molecule has 96 valence electrons. The minimum absolute atomic E-state index is 0. The molecular weight excluding hydrogens is 232 g/mol. The summed E-state index contributed by atoms with van der Waals surface area (Å²) in [7, 11) is 0. The van der Waals surface area contributed by atoms with E-state index in [1.54, 1.807) is 0 Å². The Kier molecular flexibility index (Phi) is 13.5. The maximum atomic E-state index is 10.2. The third-order valence-electron chi connectivity index (χ3n) is 2.28. The molecule has 0 aliphatic rings. The van der Waals surface area contributed by atoms with Gasteiger partial charge in [0.2, 0.25) is 0 Å². The van der Waals surface area contributed by atoms with Gasteiger partial charge in [-0.25, -0.2) is 0 Å². The zero-order valence-corrected chi connectivity index (χ0v) is 10.3. The number of aliphatic carboxylic acids is 2. The summed E-state index contributed by atoms with van der Waals surface area (Å²) in [4.78, 5) is 20.4. The van der Waals surface area contributed by atoms with E-state index in [-0.39, 0.29) is 25.2 Å². The van der Waals surface area contributed by atoms with Crippen molar-refractivity contribution in [2.45, 2.75) is 57.8 Å². The topological polar surface area (TPSA) is 74.6 Å². The third-order valence-corrected chi connectivity index (χ3v) is 2.28. The molecule has 0 heterocycles. The molecule has 16 heavy (non-hydrogen) atoms. The lowest BCUT2D eigenvalue weighted by molar-refractivity contribution is -0.138. The molecule has 0 aromatic carbocycles. The third kappa shape index (κ3) is 15.7. The monoisotopic (exact) mass is 252 g/mol. The minimum atomic E-state index is -0.726. The summed E-state index contributed by atoms with van der Waals surface area (Å²) in [5.41, 5.74) is 0. The predicted octanol–water partition coefficient (Wildman–Crippen LogP) is 3.09. The van der Waals surface area contributed by atoms with Crippen molar-refractivity contribution in [1.29, 1.82) is 0 Å². The van der Waals surface area contributed by atoms with Crippen LogP contribution in [0.4, 0.5) is 0 Å². The van der Waals surface area contributed by atoms with Gasteiger partial charge in [0.25, 0.3) is 0 Å². The first-order valence-electron chi connectivity index (χ1n) is 5.56. The van der Waals surface area contributed by atoms with E-state index in [2.05, 4.69) is 0 Å². The first-order chi connectivity index (χ1) is 7.13. The number of hydrogen-bond donors (Lipinski definition) is 2. The number of carbonyl (C=O) groups is 2. The summed E-state index contributed by atoms with van der Waals surface area (Å²) in [6.07, 6.45) is 7.16. The van der Waals surface area contributed by atoms with E-state index in [0.29, 0.717) is 0 Å². The molecule has 0 aliphatic carbocycles. The molecule has 0 aromatic rings. The normalized spacial score (nSPS) is 9.50. The number of unbranched alkanes of at least 4 members (excludes halogenated alkanes) is 6. The van der Waals surface area contributed by atoms with Gasteiger partial charge < -0.3 is 10.2 Å². The maximum absolute atomic E-state index is 10.2. The van der Waals surface area contributed by atoms with Crippen LogP contribution in [0.25, 0.3) is 0 Å². The highest BCUT2D eigenvalue weighted by atomic mass is 35.5. The van der Waals surface area contributed by atoms with Crippen LogP contribution in [0.5, 0.6) is 0 Å². The van der Waals surface area contributed by atoms with Crippen LogP contribution in [-0.2, 0) is 9.59 Å². The van der Waals surface area contributed by atoms with Gasteiger partial charge in [-0.05, 0) is 12.8 Å². The fourth-order valence-electron chi connectivity index (χ4n) is 1.44. The SMILES string of the molecule is Cl.O=C(O)CCCCCCCCCC(=O)O. The molecule has 0 saturated heterocycles. The predicted molar refractivity (Wildman–Crippen MR) is 64.1 cm³/mol. The van der Waals surface area contributed by atoms with Crippen molar-refractivity contribution in [3.05, 3.63) is 0 Å². The van der Waals surface area contributed by atoms with Gasteiger partial charge in [-0.3, -0.25) is 9.59 Å². The van der Waals surface area contributed by atoms with Crippen LogP contribution < -0.4 is 0 Å². The van der Waals surface area contributed by atoms with Crippen LogP contribution in [-0.4, -0.2) is 22.2 Å². The smallest absolute Gasteiger partial charge is 0.303 e. The summed E-state index contributed by atoms with van der Waals surface area (Å²) in [5.74, 6) is -1.45. The van der Waals surface area contributed by atoms with Crippen molar-refractivity contribution in [1.82, 2.24) is 0 Å². The number of hydrogen-bond acceptors (Lipinski definition) is 2. The van der Waals surface area contributed by atoms with Crippen molar-refractivity contribution in [3.8, 4) is 0 Å². The van der Waals surface area contributed by atoms with E-state index < -0.39 is 11.9 Å². The van der Waals surface area contributed by atoms with Crippen LogP contribution in [0.1, 0.15) is 57.8 Å². The Morgan fingerprint density at radius 2 is 0.875 bits per heavy atom. The number of carboxylic acids is 2. The van der Waals surface area contributed by atoms with Crippen LogP contribution >= 0.6 is 12.4 Å². The lowest BCUT2D eigenvalue weighted by atomic mass is 10.1. The molecular formula is C11H21ClO4. The Morgan fingerprint density at radius 3 is 1.12 bits per heavy atom. The van der Waals surface area contributed by atoms with E-state index in [1.807, 2.05) is 0 Å². The second kappa shape index (κ2) is 12.3. The summed E-state index contributed by atoms with van der Waals surface area (Å²) in [5, 5.41) is 16.8. The van der Waals surface area contributed by atoms with Gasteiger partial charge in [-0.1, -0.05) is 32.1 Å². The van der Waals surface area contributed by atoms with E-state index in [0.717, 1.165) is 44.9 Å². The van der Waals surface area contributed by atoms with Gasteiger partial charge in [0.1, 0.15) is 0 Å². The zero-order chi connectivity index (χ0) is 11.5. The molecule has 0 unspecified atom stereocenters. The summed E-state index contributed by atoms with van der Waals surface area (Å²) >= 11 is 0. The highest BCUT2D eigenvalue weighted by Gasteiger charge is 1.98. The molecule has 0 saturated carbocycles. The molecule has 0 rings (SSSR count). The van der Waals surface area contributed by atoms with E-state index in [4.69, 9.17) is 10.2 Å². The van der Waals surface area contributed by atoms with Gasteiger partial charge in [-0.2, -0.15) is 0 Å². The summed E-state index contributed by atoms with van der Waals surface area (Å²) < 4.78 is 0. The lowest BCUT2D eigenvalue weighted by Crippen LogP contribution is -1.94. The standard InChI is InChI=1S/C11H20O4.ClH/c12-10(13)8-6-4-2-1-3-5-7-9-11(14)15;/h1-9H2,(H,12,13)(H,14,15);1H. The van der Waals surface area contributed by atoms with Crippen LogP contribution in [0.2, 0.25) is 0 Å². The van der Waals surface area contributed by atoms with Gasteiger partial charge in [0.05, 0.1) is 0 Å². The van der Waals surface area contributed by atoms with Crippen molar-refractivity contribution < 1.29 is 19.8 Å². The number of carboxylic acid groups (broad SMARTS) is 2. The van der Waals surface area contributed by atoms with E-state index >= 15 is 0 Å². The Morgan fingerprint density at radius 1 is 0.625 bits per heavy atom. The summed E-state index contributed by atoms with van der Waals surface area (Å²) in [6, 6.07) is 0. The largest absolute Gasteiger partial charge is 0.481 e. The zero-order valence-electron chi connectivity index (χ0n) is 9.48. The van der Waals surface area contributed by atoms with Gasteiger partial charge in [0, 0.05) is 12.8 Å². The maximum Gasteiger partial charge on any atom is 0.303 e. The second-order valence-electron chi connectivity index (χ2n) is 3.76. The van der Waals surface area contributed by atoms with E-state index in [1.165, 1.54) is 0 Å². The summed E-state index contributed by atoms with van der Waals surface area (Å²) in [6.45, 7) is 0. The van der Waals surface area contributed by atoms with Crippen LogP contribution in [0.3, 0.4) is 0 Å². The lowest BCUT2D eigenvalue weighted by Gasteiger charge is -1.99. The molecule has 0 fully saturated rings. The molecule has 0 atom stereocenters. The fourth-order valence-corrected chi connectivity index (χ4v) is 1.44. The van der Waals surface area contributed by atoms with Crippen LogP contribution in [0.15, 0.2) is 0 Å². The Hall–Kier alpha value is -0.770. The first-order valence-corrected chi connectivity index (χ1v) is 5.56. The molecule has 0 aromatic heterocycles. The molecule has 0 spiro atoms. The molecule has 0 bridgehead atoms. The van der Waals surface area contributed by atoms with Gasteiger partial charge in [-0.15, -0.1) is 12.4 Å². The molecule has 0 radical (unpaired) electrons. The molecule has 0 amide bonds. The van der Waals surface area contributed by atoms with Crippen molar-refractivity contribution in [2.75, 3.05) is 0 Å². The Bertz CT molecular complexity index is 174. The van der Waals surface area contributed by atoms with Crippen LogP contribution in [0, 0.1) is 0 Å². The van der Waals surface area contributed by atoms with Crippen molar-refractivity contribution in [2.24, 2.45) is 0 Å². The molecule has 4 nitrogen and oxygen atoms in total. The second-order valence-corrected chi connectivity index (χ2v) is 3.76.